The lowest BCUT2D eigenvalue weighted by Crippen LogP contribution is -2.40. The van der Waals surface area contributed by atoms with E-state index in [1.165, 1.54) is 5.01 Å². The van der Waals surface area contributed by atoms with Crippen molar-refractivity contribution in [3.8, 4) is 11.5 Å². The number of aliphatic hydroxyl groups is 3. The summed E-state index contributed by atoms with van der Waals surface area (Å²) in [5.74, 6) is 7.19. The van der Waals surface area contributed by atoms with Gasteiger partial charge in [0.25, 0.3) is 0 Å². The molecule has 36 heavy (non-hydrogen) atoms. The van der Waals surface area contributed by atoms with Crippen LogP contribution in [0.1, 0.15) is 31.9 Å². The van der Waals surface area contributed by atoms with Gasteiger partial charge >= 0.3 is 0 Å². The van der Waals surface area contributed by atoms with E-state index in [0.29, 0.717) is 27.9 Å². The van der Waals surface area contributed by atoms with Gasteiger partial charge in [0, 0.05) is 18.2 Å². The molecule has 2 unspecified atom stereocenters. The van der Waals surface area contributed by atoms with Crippen molar-refractivity contribution in [1.29, 1.82) is 0 Å². The minimum Gasteiger partial charge on any atom is -0.491 e. The topological polar surface area (TPSA) is 120 Å². The summed E-state index contributed by atoms with van der Waals surface area (Å²) >= 11 is 12.0. The van der Waals surface area contributed by atoms with E-state index < -0.39 is 12.2 Å². The monoisotopic (exact) mass is 541 g/mol. The molecule has 0 spiro atoms. The maximum Gasteiger partial charge on any atom is 0.138 e. The van der Waals surface area contributed by atoms with Crippen LogP contribution in [0.2, 0.25) is 5.02 Å². The minimum atomic E-state index is -0.828. The molecule has 2 atom stereocenters. The molecule has 0 aliphatic heterocycles. The van der Waals surface area contributed by atoms with E-state index in [4.69, 9.17) is 38.5 Å². The minimum absolute atomic E-state index is 0.0627. The van der Waals surface area contributed by atoms with E-state index in [1.54, 1.807) is 20.0 Å². The third-order valence-corrected chi connectivity index (χ3v) is 6.67. The number of likely N-dealkylation sites (N-methyl/N-ethyl adjacent to an activating group) is 1. The molecule has 10 heteroatoms. The van der Waals surface area contributed by atoms with Crippen LogP contribution >= 0.6 is 23.2 Å². The Morgan fingerprint density at radius 3 is 2.22 bits per heavy atom. The van der Waals surface area contributed by atoms with E-state index in [1.807, 2.05) is 36.4 Å². The number of ether oxygens (including phenoxy) is 2. The predicted molar refractivity (Wildman–Crippen MR) is 143 cm³/mol. The Labute approximate surface area is 223 Å². The summed E-state index contributed by atoms with van der Waals surface area (Å²) < 4.78 is 11.3. The molecule has 0 bridgehead atoms. The van der Waals surface area contributed by atoms with E-state index in [9.17, 15) is 15.3 Å². The number of hydrazine groups is 1. The van der Waals surface area contributed by atoms with E-state index in [-0.39, 0.29) is 37.7 Å². The van der Waals surface area contributed by atoms with Crippen LogP contribution in [0.25, 0.3) is 0 Å². The number of aliphatic hydroxyl groups excluding tert-OH is 3. The maximum atomic E-state index is 10.3. The van der Waals surface area contributed by atoms with Gasteiger partial charge in [-0.2, -0.15) is 0 Å². The maximum absolute atomic E-state index is 10.3. The molecule has 2 rings (SSSR count). The average Bonchev–Trinajstić information content (AvgIpc) is 2.87. The number of hydrogen-bond acceptors (Lipinski definition) is 8. The second-order valence-electron chi connectivity index (χ2n) is 9.00. The molecule has 0 aromatic heterocycles. The summed E-state index contributed by atoms with van der Waals surface area (Å²) in [5, 5.41) is 34.0. The van der Waals surface area contributed by atoms with Crippen LogP contribution in [0.4, 0.5) is 0 Å². The largest absolute Gasteiger partial charge is 0.491 e. The van der Waals surface area contributed by atoms with Crippen LogP contribution in [-0.2, 0) is 5.41 Å². The molecule has 0 saturated heterocycles. The number of allylic oxidation sites excluding steroid dienone is 1. The number of halogens is 2. The number of alkyl halides is 1. The van der Waals surface area contributed by atoms with E-state index >= 15 is 0 Å². The van der Waals surface area contributed by atoms with E-state index in [2.05, 4.69) is 19.2 Å². The smallest absolute Gasteiger partial charge is 0.138 e. The van der Waals surface area contributed by atoms with Crippen molar-refractivity contribution in [2.24, 2.45) is 5.84 Å². The van der Waals surface area contributed by atoms with Crippen molar-refractivity contribution in [2.45, 2.75) is 38.4 Å². The van der Waals surface area contributed by atoms with Crippen LogP contribution in [0.3, 0.4) is 0 Å². The fraction of sp³-hybridized carbons (Fsp3) is 0.462. The molecule has 8 nitrogen and oxygen atoms in total. The summed E-state index contributed by atoms with van der Waals surface area (Å²) in [4.78, 5) is 0. The number of nitrogens with one attached hydrogen (secondary N) is 1. The fourth-order valence-corrected chi connectivity index (χ4v) is 3.85. The standard InChI is InChI=1S/C26H37Cl2N3O5/c1-17(24(14-32)30-4)31(29)13-21(34)16-35-22-8-5-18(6-9-22)26(2,3)19-7-10-25(23(28)11-19)36-15-20(33)12-27/h5-11,20-21,30,32-34H,12-16,29H2,1-4H3/b24-17-. The highest BCUT2D eigenvalue weighted by Crippen LogP contribution is 2.36. The lowest BCUT2D eigenvalue weighted by atomic mass is 9.78. The third-order valence-electron chi connectivity index (χ3n) is 6.02. The van der Waals surface area contributed by atoms with Crippen LogP contribution in [0.15, 0.2) is 53.9 Å². The van der Waals surface area contributed by atoms with Crippen molar-refractivity contribution >= 4 is 23.2 Å². The summed E-state index contributed by atoms with van der Waals surface area (Å²) in [7, 11) is 1.70. The van der Waals surface area contributed by atoms with Crippen molar-refractivity contribution in [1.82, 2.24) is 10.3 Å². The molecule has 0 aliphatic rings. The molecular weight excluding hydrogens is 505 g/mol. The number of nitrogens with zero attached hydrogens (tertiary/aromatic N) is 1. The molecule has 0 fully saturated rings. The van der Waals surface area contributed by atoms with Crippen molar-refractivity contribution in [3.63, 3.8) is 0 Å². The molecule has 0 aliphatic carbocycles. The van der Waals surface area contributed by atoms with Gasteiger partial charge in [-0.1, -0.05) is 43.6 Å². The van der Waals surface area contributed by atoms with Gasteiger partial charge in [0.05, 0.1) is 29.8 Å². The molecule has 0 radical (unpaired) electrons. The van der Waals surface area contributed by atoms with Crippen molar-refractivity contribution in [2.75, 3.05) is 39.3 Å². The second kappa shape index (κ2) is 13.9. The van der Waals surface area contributed by atoms with Crippen molar-refractivity contribution < 1.29 is 24.8 Å². The summed E-state index contributed by atoms with van der Waals surface area (Å²) in [6.45, 7) is 6.05. The molecule has 0 heterocycles. The van der Waals surface area contributed by atoms with Crippen LogP contribution in [0.5, 0.6) is 11.5 Å². The Morgan fingerprint density at radius 1 is 1.06 bits per heavy atom. The first-order valence-corrected chi connectivity index (χ1v) is 12.5. The zero-order valence-corrected chi connectivity index (χ0v) is 22.7. The van der Waals surface area contributed by atoms with E-state index in [0.717, 1.165) is 11.1 Å². The van der Waals surface area contributed by atoms with Gasteiger partial charge in [-0.25, -0.2) is 5.84 Å². The first-order valence-electron chi connectivity index (χ1n) is 11.6. The number of hydrogen-bond donors (Lipinski definition) is 5. The van der Waals surface area contributed by atoms with Gasteiger partial charge in [-0.15, -0.1) is 11.6 Å². The number of benzene rings is 2. The Bertz CT molecular complexity index is 996. The lowest BCUT2D eigenvalue weighted by Gasteiger charge is -2.27. The zero-order valence-electron chi connectivity index (χ0n) is 21.2. The van der Waals surface area contributed by atoms with Crippen LogP contribution in [0, 0.1) is 0 Å². The van der Waals surface area contributed by atoms with Gasteiger partial charge in [-0.3, -0.25) is 0 Å². The van der Waals surface area contributed by atoms with Crippen LogP contribution in [-0.4, -0.2) is 71.8 Å². The highest BCUT2D eigenvalue weighted by molar-refractivity contribution is 6.32. The zero-order chi connectivity index (χ0) is 26.9. The number of nitrogens with two attached hydrogens (primary N) is 1. The SMILES string of the molecule is CN/C(CO)=C(/C)N(N)CC(O)COc1ccc(C(C)(C)c2ccc(OCC(O)CCl)c(Cl)c2)cc1. The summed E-state index contributed by atoms with van der Waals surface area (Å²) in [6.07, 6.45) is -1.58. The molecule has 0 saturated carbocycles. The Balaban J connectivity index is 2.00. The van der Waals surface area contributed by atoms with Gasteiger partial charge in [0.15, 0.2) is 0 Å². The highest BCUT2D eigenvalue weighted by Gasteiger charge is 2.24. The Hall–Kier alpha value is -2.20. The Morgan fingerprint density at radius 2 is 1.67 bits per heavy atom. The van der Waals surface area contributed by atoms with Gasteiger partial charge in [0.1, 0.15) is 36.9 Å². The normalized spacial score (nSPS) is 14.1. The third kappa shape index (κ3) is 8.16. The molecule has 2 aromatic rings. The average molecular weight is 543 g/mol. The van der Waals surface area contributed by atoms with Gasteiger partial charge < -0.3 is 35.1 Å². The van der Waals surface area contributed by atoms with Gasteiger partial charge in [-0.05, 0) is 42.3 Å². The second-order valence-corrected chi connectivity index (χ2v) is 9.72. The number of rotatable bonds is 14. The highest BCUT2D eigenvalue weighted by atomic mass is 35.5. The Kier molecular flexibility index (Phi) is 11.6. The predicted octanol–water partition coefficient (Wildman–Crippen LogP) is 3.00. The first-order chi connectivity index (χ1) is 17.0. The summed E-state index contributed by atoms with van der Waals surface area (Å²) in [6, 6.07) is 13.2. The molecule has 0 amide bonds. The fourth-order valence-electron chi connectivity index (χ4n) is 3.53. The molecule has 2 aromatic carbocycles. The molecule has 6 N–H and O–H groups in total. The first kappa shape index (κ1) is 30.0. The van der Waals surface area contributed by atoms with Crippen LogP contribution < -0.4 is 20.6 Å². The summed E-state index contributed by atoms with van der Waals surface area (Å²) in [5.41, 5.74) is 2.92. The van der Waals surface area contributed by atoms with Crippen molar-refractivity contribution in [3.05, 3.63) is 70.0 Å². The lowest BCUT2D eigenvalue weighted by molar-refractivity contribution is 0.0777. The molecule has 200 valence electrons. The quantitative estimate of drug-likeness (QED) is 0.140. The van der Waals surface area contributed by atoms with Gasteiger partial charge in [0.2, 0.25) is 0 Å². The molecular formula is C26H37Cl2N3O5.